The zero-order valence-corrected chi connectivity index (χ0v) is 11.4. The fraction of sp³-hybridized carbons (Fsp3) is 0.333. The van der Waals surface area contributed by atoms with Gasteiger partial charge in [0.1, 0.15) is 5.82 Å². The summed E-state index contributed by atoms with van der Waals surface area (Å²) in [6, 6.07) is 1.39. The van der Waals surface area contributed by atoms with Crippen molar-refractivity contribution < 1.29 is 0 Å². The van der Waals surface area contributed by atoms with Gasteiger partial charge in [-0.05, 0) is 6.42 Å². The Bertz CT molecular complexity index is 569. The van der Waals surface area contributed by atoms with Gasteiger partial charge in [0, 0.05) is 24.6 Å². The van der Waals surface area contributed by atoms with Crippen molar-refractivity contribution in [3.63, 3.8) is 0 Å². The smallest absolute Gasteiger partial charge is 0.251 e. The third-order valence-corrected chi connectivity index (χ3v) is 3.19. The summed E-state index contributed by atoms with van der Waals surface area (Å²) in [5.41, 5.74) is 0.696. The molecule has 6 nitrogen and oxygen atoms in total. The number of nitrogens with one attached hydrogen (secondary N) is 2. The Labute approximate surface area is 115 Å². The number of hydrogen-bond acceptors (Lipinski definition) is 6. The van der Waals surface area contributed by atoms with E-state index in [1.165, 1.54) is 24.0 Å². The highest BCUT2D eigenvalue weighted by Gasteiger charge is 2.01. The summed E-state index contributed by atoms with van der Waals surface area (Å²) in [5, 5.41) is 3.75. The SMILES string of the molecule is CCCNc1cnc(CSc2nccc(=O)[nH]2)cn1. The highest BCUT2D eigenvalue weighted by molar-refractivity contribution is 7.98. The molecule has 7 heteroatoms. The van der Waals surface area contributed by atoms with E-state index < -0.39 is 0 Å². The van der Waals surface area contributed by atoms with Crippen LogP contribution in [0.25, 0.3) is 0 Å². The van der Waals surface area contributed by atoms with Crippen LogP contribution >= 0.6 is 11.8 Å². The van der Waals surface area contributed by atoms with Crippen LogP contribution < -0.4 is 10.9 Å². The van der Waals surface area contributed by atoms with Crippen LogP contribution in [-0.2, 0) is 5.75 Å². The Hall–Kier alpha value is -1.89. The normalized spacial score (nSPS) is 10.4. The van der Waals surface area contributed by atoms with E-state index in [4.69, 9.17) is 0 Å². The lowest BCUT2D eigenvalue weighted by Gasteiger charge is -2.04. The van der Waals surface area contributed by atoms with Gasteiger partial charge in [-0.1, -0.05) is 18.7 Å². The van der Waals surface area contributed by atoms with Crippen molar-refractivity contribution in [2.75, 3.05) is 11.9 Å². The fourth-order valence-electron chi connectivity index (χ4n) is 1.34. The van der Waals surface area contributed by atoms with Crippen LogP contribution in [0, 0.1) is 0 Å². The molecule has 2 aromatic rings. The number of anilines is 1. The quantitative estimate of drug-likeness (QED) is 0.617. The van der Waals surface area contributed by atoms with Gasteiger partial charge in [-0.2, -0.15) is 0 Å². The average molecular weight is 277 g/mol. The lowest BCUT2D eigenvalue weighted by atomic mass is 10.4. The minimum Gasteiger partial charge on any atom is -0.369 e. The standard InChI is InChI=1S/C12H15N5OS/c1-2-4-13-10-7-15-9(6-16-10)8-19-12-14-5-3-11(18)17-12/h3,5-7H,2,4,8H2,1H3,(H,13,16)(H,14,17,18). The number of thioether (sulfide) groups is 1. The van der Waals surface area contributed by atoms with E-state index in [1.54, 1.807) is 12.4 Å². The molecule has 19 heavy (non-hydrogen) atoms. The predicted octanol–water partition coefficient (Wildman–Crippen LogP) is 1.67. The first kappa shape index (κ1) is 13.5. The molecule has 0 bridgehead atoms. The first-order chi connectivity index (χ1) is 9.28. The predicted molar refractivity (Wildman–Crippen MR) is 75.2 cm³/mol. The molecule has 0 fully saturated rings. The molecule has 0 saturated carbocycles. The van der Waals surface area contributed by atoms with Crippen LogP contribution in [0.1, 0.15) is 19.0 Å². The van der Waals surface area contributed by atoms with Gasteiger partial charge in [0.05, 0.1) is 18.1 Å². The molecule has 2 N–H and O–H groups in total. The molecule has 100 valence electrons. The van der Waals surface area contributed by atoms with E-state index in [1.807, 2.05) is 0 Å². The number of rotatable bonds is 6. The molecular formula is C12H15N5OS. The Morgan fingerprint density at radius 2 is 2.21 bits per heavy atom. The second-order valence-electron chi connectivity index (χ2n) is 3.85. The molecule has 0 unspecified atom stereocenters. The van der Waals surface area contributed by atoms with Gasteiger partial charge in [-0.25, -0.2) is 9.97 Å². The van der Waals surface area contributed by atoms with Crippen LogP contribution in [0.2, 0.25) is 0 Å². The van der Waals surface area contributed by atoms with Crippen molar-refractivity contribution in [3.05, 3.63) is 40.7 Å². The maximum atomic E-state index is 11.1. The van der Waals surface area contributed by atoms with E-state index in [-0.39, 0.29) is 5.56 Å². The van der Waals surface area contributed by atoms with Gasteiger partial charge in [0.2, 0.25) is 0 Å². The van der Waals surface area contributed by atoms with Gasteiger partial charge in [-0.15, -0.1) is 0 Å². The number of H-pyrrole nitrogens is 1. The van der Waals surface area contributed by atoms with Crippen LogP contribution in [0.3, 0.4) is 0 Å². The monoisotopic (exact) mass is 277 g/mol. The van der Waals surface area contributed by atoms with Crippen molar-refractivity contribution in [2.24, 2.45) is 0 Å². The second kappa shape index (κ2) is 6.89. The molecule has 0 aromatic carbocycles. The second-order valence-corrected chi connectivity index (χ2v) is 4.81. The zero-order chi connectivity index (χ0) is 13.5. The van der Waals surface area contributed by atoms with Gasteiger partial charge >= 0.3 is 0 Å². The molecular weight excluding hydrogens is 262 g/mol. The average Bonchev–Trinajstić information content (AvgIpc) is 2.44. The Morgan fingerprint density at radius 3 is 2.89 bits per heavy atom. The minimum atomic E-state index is -0.150. The molecule has 2 aromatic heterocycles. The fourth-order valence-corrected chi connectivity index (χ4v) is 2.08. The summed E-state index contributed by atoms with van der Waals surface area (Å²) in [6.45, 7) is 2.98. The zero-order valence-electron chi connectivity index (χ0n) is 10.6. The van der Waals surface area contributed by atoms with Gasteiger partial charge in [0.15, 0.2) is 5.16 Å². The van der Waals surface area contributed by atoms with Crippen LogP contribution in [0.15, 0.2) is 34.6 Å². The first-order valence-corrected chi connectivity index (χ1v) is 6.99. The molecule has 0 aliphatic rings. The van der Waals surface area contributed by atoms with Crippen molar-refractivity contribution in [1.82, 2.24) is 19.9 Å². The van der Waals surface area contributed by atoms with Crippen LogP contribution in [0.5, 0.6) is 0 Å². The number of hydrogen-bond donors (Lipinski definition) is 2. The summed E-state index contributed by atoms with van der Waals surface area (Å²) < 4.78 is 0. The van der Waals surface area contributed by atoms with Crippen LogP contribution in [-0.4, -0.2) is 26.5 Å². The van der Waals surface area contributed by atoms with Crippen molar-refractivity contribution in [3.8, 4) is 0 Å². The molecule has 0 aliphatic heterocycles. The summed E-state index contributed by atoms with van der Waals surface area (Å²) >= 11 is 1.42. The maximum absolute atomic E-state index is 11.1. The maximum Gasteiger partial charge on any atom is 0.251 e. The van der Waals surface area contributed by atoms with E-state index in [2.05, 4.69) is 32.2 Å². The van der Waals surface area contributed by atoms with E-state index in [0.29, 0.717) is 10.9 Å². The highest BCUT2D eigenvalue weighted by atomic mass is 32.2. The Morgan fingerprint density at radius 1 is 1.32 bits per heavy atom. The van der Waals surface area contributed by atoms with Crippen molar-refractivity contribution in [2.45, 2.75) is 24.3 Å². The number of aromatic nitrogens is 4. The largest absolute Gasteiger partial charge is 0.369 e. The summed E-state index contributed by atoms with van der Waals surface area (Å²) in [7, 11) is 0. The van der Waals surface area contributed by atoms with Gasteiger partial charge < -0.3 is 10.3 Å². The molecule has 2 heterocycles. The molecule has 0 radical (unpaired) electrons. The first-order valence-electron chi connectivity index (χ1n) is 6.01. The topological polar surface area (TPSA) is 83.6 Å². The number of nitrogens with zero attached hydrogens (tertiary/aromatic N) is 3. The minimum absolute atomic E-state index is 0.150. The Balaban J connectivity index is 1.91. The van der Waals surface area contributed by atoms with Gasteiger partial charge in [0.25, 0.3) is 5.56 Å². The molecule has 0 atom stereocenters. The highest BCUT2D eigenvalue weighted by Crippen LogP contribution is 2.16. The van der Waals surface area contributed by atoms with E-state index >= 15 is 0 Å². The number of aromatic amines is 1. The van der Waals surface area contributed by atoms with Gasteiger partial charge in [-0.3, -0.25) is 9.78 Å². The molecule has 0 saturated heterocycles. The Kier molecular flexibility index (Phi) is 4.91. The summed E-state index contributed by atoms with van der Waals surface area (Å²) in [5.74, 6) is 1.40. The van der Waals surface area contributed by atoms with Crippen molar-refractivity contribution >= 4 is 17.6 Å². The van der Waals surface area contributed by atoms with E-state index in [9.17, 15) is 4.79 Å². The molecule has 0 aliphatic carbocycles. The third-order valence-electron chi connectivity index (χ3n) is 2.27. The summed E-state index contributed by atoms with van der Waals surface area (Å²) in [6.07, 6.45) is 5.98. The lowest BCUT2D eigenvalue weighted by Crippen LogP contribution is -2.05. The third kappa shape index (κ3) is 4.36. The molecule has 0 amide bonds. The van der Waals surface area contributed by atoms with Crippen molar-refractivity contribution in [1.29, 1.82) is 0 Å². The van der Waals surface area contributed by atoms with E-state index in [0.717, 1.165) is 24.5 Å². The van der Waals surface area contributed by atoms with Crippen LogP contribution in [0.4, 0.5) is 5.82 Å². The lowest BCUT2D eigenvalue weighted by molar-refractivity contribution is 0.933. The summed E-state index contributed by atoms with van der Waals surface area (Å²) in [4.78, 5) is 26.4. The molecule has 2 rings (SSSR count). The molecule has 0 spiro atoms.